The average molecular weight is 469 g/mol. The first-order chi connectivity index (χ1) is 17.3. The van der Waals surface area contributed by atoms with E-state index in [4.69, 9.17) is 9.82 Å². The van der Waals surface area contributed by atoms with Gasteiger partial charge in [-0.15, -0.1) is 5.17 Å². The molecule has 6 heteroatoms. The van der Waals surface area contributed by atoms with Crippen molar-refractivity contribution in [1.29, 1.82) is 0 Å². The van der Waals surface area contributed by atoms with Gasteiger partial charge in [0, 0.05) is 18.0 Å². The lowest BCUT2D eigenvalue weighted by molar-refractivity contribution is -0.250. The van der Waals surface area contributed by atoms with Crippen molar-refractivity contribution in [3.63, 3.8) is 0 Å². The van der Waals surface area contributed by atoms with Gasteiger partial charge in [-0.3, -0.25) is 14.8 Å². The highest BCUT2D eigenvalue weighted by Gasteiger charge is 2.45. The number of fused-ring (bicyclic) bond motifs is 1. The number of hydroxylamine groups is 1. The fourth-order valence-corrected chi connectivity index (χ4v) is 5.64. The zero-order valence-corrected chi connectivity index (χ0v) is 20.4. The lowest BCUT2D eigenvalue weighted by atomic mass is 9.88. The molecular formula is C29H32N4O2. The van der Waals surface area contributed by atoms with Gasteiger partial charge in [0.25, 0.3) is 0 Å². The predicted octanol–water partition coefficient (Wildman–Crippen LogP) is 5.99. The number of hydrogen-bond donors (Lipinski definition) is 0. The Kier molecular flexibility index (Phi) is 6.91. The number of aromatic nitrogens is 2. The number of rotatable bonds is 8. The Balaban J connectivity index is 1.68. The molecule has 35 heavy (non-hydrogen) atoms. The Morgan fingerprint density at radius 1 is 1.06 bits per heavy atom. The van der Waals surface area contributed by atoms with Crippen LogP contribution >= 0.6 is 0 Å². The van der Waals surface area contributed by atoms with E-state index >= 15 is 0 Å². The summed E-state index contributed by atoms with van der Waals surface area (Å²) in [6.45, 7) is 4.80. The molecule has 1 aliphatic heterocycles. The van der Waals surface area contributed by atoms with Crippen molar-refractivity contribution in [3.8, 4) is 0 Å². The Morgan fingerprint density at radius 3 is 2.54 bits per heavy atom. The fraction of sp³-hybridized carbons (Fsp3) is 0.345. The molecule has 0 N–H and O–H groups in total. The van der Waals surface area contributed by atoms with Crippen molar-refractivity contribution >= 4 is 12.0 Å². The molecule has 2 aliphatic rings. The molecule has 0 spiro atoms. The molecule has 2 aromatic carbocycles. The van der Waals surface area contributed by atoms with E-state index in [1.165, 1.54) is 29.5 Å². The highest BCUT2D eigenvalue weighted by Crippen LogP contribution is 2.50. The lowest BCUT2D eigenvalue weighted by Crippen LogP contribution is -2.42. The highest BCUT2D eigenvalue weighted by molar-refractivity contribution is 5.75. The molecule has 3 aromatic rings. The summed E-state index contributed by atoms with van der Waals surface area (Å²) in [5.74, 6) is 0. The molecule has 0 fully saturated rings. The number of carbonyl (C=O) groups excluding carboxylic acids is 1. The third-order valence-electron chi connectivity index (χ3n) is 7.18. The summed E-state index contributed by atoms with van der Waals surface area (Å²) < 4.78 is 0. The van der Waals surface area contributed by atoms with Crippen LogP contribution in [0.2, 0.25) is 0 Å². The molecule has 180 valence electrons. The average Bonchev–Trinajstić information content (AvgIpc) is 3.24. The Morgan fingerprint density at radius 2 is 1.86 bits per heavy atom. The standard InChI is InChI=1S/C29H32N4O2/c1-3-26(24-15-14-21-10-8-9-13-23(21)18-24)32-29(25-19-30-16-17-31-25)28(22-11-6-5-7-12-22)27(4-2)33(32)35-20-34/h5-7,11-12,14-20,26,29H,3-4,8-10,13H2,1-2H3. The minimum absolute atomic E-state index is 0.0167. The van der Waals surface area contributed by atoms with Crippen LogP contribution in [0.15, 0.2) is 72.8 Å². The maximum Gasteiger partial charge on any atom is 0.322 e. The van der Waals surface area contributed by atoms with E-state index in [2.05, 4.69) is 54.2 Å². The maximum absolute atomic E-state index is 11.8. The van der Waals surface area contributed by atoms with Gasteiger partial charge in [0.15, 0.2) is 0 Å². The van der Waals surface area contributed by atoms with Crippen LogP contribution in [0.25, 0.3) is 5.57 Å². The van der Waals surface area contributed by atoms with Crippen molar-refractivity contribution in [2.75, 3.05) is 0 Å². The van der Waals surface area contributed by atoms with Crippen LogP contribution in [-0.4, -0.2) is 26.6 Å². The molecule has 2 heterocycles. The minimum atomic E-state index is -0.248. The van der Waals surface area contributed by atoms with Gasteiger partial charge in [-0.2, -0.15) is 5.01 Å². The first-order valence-electron chi connectivity index (χ1n) is 12.6. The quantitative estimate of drug-likeness (QED) is 0.379. The minimum Gasteiger partial charge on any atom is -0.329 e. The number of hydrogen-bond acceptors (Lipinski definition) is 6. The van der Waals surface area contributed by atoms with Gasteiger partial charge in [0.1, 0.15) is 6.04 Å². The number of hydrazine groups is 1. The van der Waals surface area contributed by atoms with Crippen molar-refractivity contribution in [3.05, 3.63) is 101 Å². The van der Waals surface area contributed by atoms with Gasteiger partial charge < -0.3 is 4.84 Å². The van der Waals surface area contributed by atoms with Crippen LogP contribution in [0.5, 0.6) is 0 Å². The zero-order valence-electron chi connectivity index (χ0n) is 20.4. The smallest absolute Gasteiger partial charge is 0.322 e. The number of carbonyl (C=O) groups is 1. The summed E-state index contributed by atoms with van der Waals surface area (Å²) in [7, 11) is 0. The van der Waals surface area contributed by atoms with Gasteiger partial charge in [-0.05, 0) is 60.8 Å². The molecule has 0 radical (unpaired) electrons. The van der Waals surface area contributed by atoms with Gasteiger partial charge in [0.2, 0.25) is 0 Å². The van der Waals surface area contributed by atoms with Crippen LogP contribution < -0.4 is 0 Å². The fourth-order valence-electron chi connectivity index (χ4n) is 5.64. The Hall–Kier alpha value is -3.51. The molecule has 2 atom stereocenters. The van der Waals surface area contributed by atoms with Gasteiger partial charge in [0.05, 0.1) is 23.6 Å². The molecule has 1 aliphatic carbocycles. The van der Waals surface area contributed by atoms with E-state index < -0.39 is 0 Å². The monoisotopic (exact) mass is 468 g/mol. The zero-order chi connectivity index (χ0) is 24.2. The van der Waals surface area contributed by atoms with E-state index in [1.807, 2.05) is 24.4 Å². The molecule has 6 nitrogen and oxygen atoms in total. The number of nitrogens with zero attached hydrogens (tertiary/aromatic N) is 4. The topological polar surface area (TPSA) is 58.6 Å². The molecule has 0 bridgehead atoms. The maximum atomic E-state index is 11.8. The third kappa shape index (κ3) is 4.34. The van der Waals surface area contributed by atoms with E-state index in [9.17, 15) is 4.79 Å². The SMILES string of the molecule is CCC1=C(c2ccccc2)C(c2cnccn2)N(C(CC)c2ccc3c(c2)CCCC3)N1OC=O. The number of allylic oxidation sites excluding steroid dienone is 1. The summed E-state index contributed by atoms with van der Waals surface area (Å²) in [5.41, 5.74) is 8.08. The van der Waals surface area contributed by atoms with Crippen molar-refractivity contribution in [2.24, 2.45) is 0 Å². The Bertz CT molecular complexity index is 1200. The summed E-state index contributed by atoms with van der Waals surface area (Å²) in [5, 5.41) is 3.90. The summed E-state index contributed by atoms with van der Waals surface area (Å²) >= 11 is 0. The second-order valence-corrected chi connectivity index (χ2v) is 9.13. The molecule has 0 saturated heterocycles. The summed E-state index contributed by atoms with van der Waals surface area (Å²) in [6.07, 6.45) is 11.5. The Labute approximate surface area is 207 Å². The highest BCUT2D eigenvalue weighted by atomic mass is 16.7. The predicted molar refractivity (Wildman–Crippen MR) is 135 cm³/mol. The van der Waals surface area contributed by atoms with Gasteiger partial charge in [-0.1, -0.05) is 62.4 Å². The van der Waals surface area contributed by atoms with E-state index in [0.29, 0.717) is 12.9 Å². The molecule has 1 aromatic heterocycles. The second kappa shape index (κ2) is 10.4. The summed E-state index contributed by atoms with van der Waals surface area (Å²) in [4.78, 5) is 26.6. The largest absolute Gasteiger partial charge is 0.329 e. The molecule has 0 saturated carbocycles. The lowest BCUT2D eigenvalue weighted by Gasteiger charge is -2.38. The molecule has 2 unspecified atom stereocenters. The molecular weight excluding hydrogens is 436 g/mol. The van der Waals surface area contributed by atoms with E-state index in [0.717, 1.165) is 41.8 Å². The first kappa shape index (κ1) is 23.2. The third-order valence-corrected chi connectivity index (χ3v) is 7.18. The second-order valence-electron chi connectivity index (χ2n) is 9.13. The van der Waals surface area contributed by atoms with E-state index in [-0.39, 0.29) is 12.1 Å². The van der Waals surface area contributed by atoms with Crippen LogP contribution in [0.1, 0.15) is 79.6 Å². The van der Waals surface area contributed by atoms with Crippen LogP contribution in [0.4, 0.5) is 0 Å². The van der Waals surface area contributed by atoms with Gasteiger partial charge >= 0.3 is 6.47 Å². The molecule has 0 amide bonds. The normalized spacial score (nSPS) is 18.9. The van der Waals surface area contributed by atoms with E-state index in [1.54, 1.807) is 17.6 Å². The summed E-state index contributed by atoms with van der Waals surface area (Å²) in [6, 6.07) is 16.9. The number of aryl methyl sites for hydroxylation is 2. The van der Waals surface area contributed by atoms with Gasteiger partial charge in [-0.25, -0.2) is 0 Å². The number of benzene rings is 2. The van der Waals surface area contributed by atoms with Crippen LogP contribution in [0.3, 0.4) is 0 Å². The van der Waals surface area contributed by atoms with Crippen LogP contribution in [-0.2, 0) is 22.5 Å². The van der Waals surface area contributed by atoms with Crippen molar-refractivity contribution in [1.82, 2.24) is 20.1 Å². The van der Waals surface area contributed by atoms with Crippen molar-refractivity contribution in [2.45, 2.75) is 64.5 Å². The molecule has 5 rings (SSSR count). The van der Waals surface area contributed by atoms with Crippen LogP contribution in [0, 0.1) is 0 Å². The first-order valence-corrected chi connectivity index (χ1v) is 12.6. The van der Waals surface area contributed by atoms with Crippen molar-refractivity contribution < 1.29 is 9.63 Å².